The first kappa shape index (κ1) is 31.0. The topological polar surface area (TPSA) is 20.3 Å². The monoisotopic (exact) mass is 509 g/mol. The van der Waals surface area contributed by atoms with Crippen molar-refractivity contribution >= 4 is 25.0 Å². The van der Waals surface area contributed by atoms with Crippen LogP contribution in [0.1, 0.15) is 59.8 Å². The Hall–Kier alpha value is 0.00494. The van der Waals surface area contributed by atoms with Crippen molar-refractivity contribution in [2.75, 3.05) is 7.05 Å². The molecule has 1 unspecified atom stereocenters. The van der Waals surface area contributed by atoms with Crippen LogP contribution in [0.3, 0.4) is 0 Å². The van der Waals surface area contributed by atoms with E-state index in [9.17, 15) is 4.46 Å². The predicted molar refractivity (Wildman–Crippen MR) is 141 cm³/mol. The second kappa shape index (κ2) is 12.5. The molecule has 0 aromatic heterocycles. The fraction of sp³-hybridized carbons (Fsp3) is 0.760. The quantitative estimate of drug-likeness (QED) is 0.295. The van der Waals surface area contributed by atoms with Gasteiger partial charge in [0.1, 0.15) is 16.1 Å². The third-order valence-corrected chi connectivity index (χ3v) is 10.6. The summed E-state index contributed by atoms with van der Waals surface area (Å²) in [6.45, 7) is 22.6. The molecule has 2 rings (SSSR count). The maximum atomic E-state index is 12.8. The second-order valence-electron chi connectivity index (χ2n) is 11.7. The first-order valence-electron chi connectivity index (χ1n) is 11.7. The largest absolute Gasteiger partial charge is 2.00 e. The van der Waals surface area contributed by atoms with Gasteiger partial charge in [0.15, 0.2) is 0 Å². The summed E-state index contributed by atoms with van der Waals surface area (Å²) in [6.07, 6.45) is 8.75. The van der Waals surface area contributed by atoms with Crippen LogP contribution < -0.4 is 0 Å². The molecule has 0 bridgehead atoms. The minimum Gasteiger partial charge on any atom is -0.377 e. The third-order valence-electron chi connectivity index (χ3n) is 6.39. The minimum absolute atomic E-state index is 0. The van der Waals surface area contributed by atoms with Crippen molar-refractivity contribution in [3.05, 3.63) is 22.8 Å². The van der Waals surface area contributed by atoms with Gasteiger partial charge >= 0.3 is 30.6 Å². The molecule has 0 saturated heterocycles. The Labute approximate surface area is 212 Å². The molecule has 0 aromatic rings. The average molecular weight is 510 g/mol. The fourth-order valence-corrected chi connectivity index (χ4v) is 9.00. The van der Waals surface area contributed by atoms with Crippen LogP contribution in [0.2, 0.25) is 45.3 Å². The van der Waals surface area contributed by atoms with E-state index in [2.05, 4.69) is 95.8 Å². The molecule has 0 aromatic carbocycles. The van der Waals surface area contributed by atoms with Crippen molar-refractivity contribution in [2.45, 2.75) is 111 Å². The maximum Gasteiger partial charge on any atom is 2.00 e. The molecule has 2 nitrogen and oxygen atoms in total. The molecule has 6 heteroatoms. The van der Waals surface area contributed by atoms with Gasteiger partial charge in [0.05, 0.1) is 0 Å². The standard InChI is InChI=1S/C17H29NOSi.C8H18Si2.Ti/c1-13-11-17(4,15(3)14(13)2)12-20(19)18(5)16-9-7-6-8-10-16;1-9(2,3)7-8-10(4,5)6;/h11,16H,6-10,12H2,1-5H3;1-6H3;/q;;+2. The average Bonchev–Trinajstić information content (AvgIpc) is 2.82. The summed E-state index contributed by atoms with van der Waals surface area (Å²) >= 11 is 0. The normalized spacial score (nSPS) is 21.8. The summed E-state index contributed by atoms with van der Waals surface area (Å²) in [4.78, 5) is 0. The van der Waals surface area contributed by atoms with Crippen LogP contribution in [0.25, 0.3) is 0 Å². The van der Waals surface area contributed by atoms with Crippen molar-refractivity contribution in [1.29, 1.82) is 0 Å². The van der Waals surface area contributed by atoms with Gasteiger partial charge in [-0.05, 0) is 39.2 Å². The van der Waals surface area contributed by atoms with Crippen molar-refractivity contribution < 1.29 is 26.2 Å². The molecule has 172 valence electrons. The van der Waals surface area contributed by atoms with Crippen molar-refractivity contribution in [3.63, 3.8) is 0 Å². The Bertz CT molecular complexity index is 725. The van der Waals surface area contributed by atoms with Crippen LogP contribution in [0.15, 0.2) is 22.8 Å². The van der Waals surface area contributed by atoms with Gasteiger partial charge in [0.25, 0.3) is 0 Å². The molecular weight excluding hydrogens is 462 g/mol. The minimum atomic E-state index is -1.68. The van der Waals surface area contributed by atoms with Gasteiger partial charge in [-0.3, -0.25) is 0 Å². The summed E-state index contributed by atoms with van der Waals surface area (Å²) in [7, 11) is -1.79. The summed E-state index contributed by atoms with van der Waals surface area (Å²) in [6, 6.07) is 1.35. The molecule has 0 N–H and O–H groups in total. The van der Waals surface area contributed by atoms with E-state index in [0.29, 0.717) is 6.04 Å². The van der Waals surface area contributed by atoms with Crippen molar-refractivity contribution in [1.82, 2.24) is 4.57 Å². The van der Waals surface area contributed by atoms with Crippen LogP contribution in [0.4, 0.5) is 0 Å². The SMILES string of the molecule is CC1=CC(C)(C[Si](=O)N(C)C2CCCCC2)C(C)=C1C.C[Si](C)(C)C#C[Si](C)(C)C.[Ti+2]. The Kier molecular flexibility index (Phi) is 12.5. The van der Waals surface area contributed by atoms with Gasteiger partial charge < -0.3 is 9.03 Å². The Morgan fingerprint density at radius 1 is 1.00 bits per heavy atom. The molecule has 0 spiro atoms. The Balaban J connectivity index is 0.000000701. The molecule has 0 radical (unpaired) electrons. The fourth-order valence-electron chi connectivity index (χ4n) is 4.09. The summed E-state index contributed by atoms with van der Waals surface area (Å²) < 4.78 is 15.0. The summed E-state index contributed by atoms with van der Waals surface area (Å²) in [5.41, 5.74) is 11.0. The van der Waals surface area contributed by atoms with Gasteiger partial charge in [0, 0.05) is 24.5 Å². The molecule has 0 heterocycles. The second-order valence-corrected chi connectivity index (χ2v) is 23.1. The molecule has 0 aliphatic heterocycles. The number of nitrogens with zero attached hydrogens (tertiary/aromatic N) is 1. The van der Waals surface area contributed by atoms with E-state index in [-0.39, 0.29) is 27.1 Å². The van der Waals surface area contributed by atoms with E-state index in [1.807, 2.05) is 0 Å². The number of allylic oxidation sites excluding steroid dienone is 4. The van der Waals surface area contributed by atoms with E-state index in [1.165, 1.54) is 48.8 Å². The van der Waals surface area contributed by atoms with Crippen molar-refractivity contribution in [3.8, 4) is 11.1 Å². The predicted octanol–water partition coefficient (Wildman–Crippen LogP) is 7.21. The van der Waals surface area contributed by atoms with E-state index >= 15 is 0 Å². The Morgan fingerprint density at radius 2 is 1.45 bits per heavy atom. The number of hydrogen-bond acceptors (Lipinski definition) is 1. The molecular formula is C25H47NOSi3Ti+2. The summed E-state index contributed by atoms with van der Waals surface area (Å²) in [5.74, 6) is 0. The maximum absolute atomic E-state index is 12.8. The van der Waals surface area contributed by atoms with Crippen LogP contribution in [-0.2, 0) is 26.2 Å². The van der Waals surface area contributed by atoms with Gasteiger partial charge in [0.2, 0.25) is 0 Å². The van der Waals surface area contributed by atoms with Crippen molar-refractivity contribution in [2.24, 2.45) is 5.41 Å². The van der Waals surface area contributed by atoms with E-state index in [0.717, 1.165) is 6.04 Å². The van der Waals surface area contributed by atoms with E-state index < -0.39 is 25.0 Å². The molecule has 1 fully saturated rings. The number of rotatable bonds is 4. The van der Waals surface area contributed by atoms with Crippen LogP contribution in [-0.4, -0.2) is 42.6 Å². The smallest absolute Gasteiger partial charge is 0.377 e. The molecule has 1 atom stereocenters. The first-order chi connectivity index (χ1) is 13.6. The molecule has 1 saturated carbocycles. The van der Waals surface area contributed by atoms with Gasteiger partial charge in [-0.1, -0.05) is 82.7 Å². The molecule has 31 heavy (non-hydrogen) atoms. The zero-order chi connectivity index (χ0) is 23.3. The molecule has 0 amide bonds. The summed E-state index contributed by atoms with van der Waals surface area (Å²) in [5, 5.41) is 0. The molecule has 2 aliphatic carbocycles. The van der Waals surface area contributed by atoms with E-state index in [1.54, 1.807) is 0 Å². The zero-order valence-electron chi connectivity index (χ0n) is 22.3. The molecule has 2 aliphatic rings. The van der Waals surface area contributed by atoms with Gasteiger partial charge in [-0.2, -0.15) is 0 Å². The number of hydrogen-bond donors (Lipinski definition) is 0. The van der Waals surface area contributed by atoms with Crippen LogP contribution in [0, 0.1) is 16.5 Å². The van der Waals surface area contributed by atoms with E-state index in [4.69, 9.17) is 0 Å². The Morgan fingerprint density at radius 3 is 1.81 bits per heavy atom. The third kappa shape index (κ3) is 10.7. The first-order valence-corrected chi connectivity index (χ1v) is 20.3. The van der Waals surface area contributed by atoms with Gasteiger partial charge in [-0.25, -0.2) is 0 Å². The van der Waals surface area contributed by atoms with Crippen LogP contribution >= 0.6 is 0 Å². The van der Waals surface area contributed by atoms with Gasteiger partial charge in [-0.15, -0.1) is 11.1 Å². The van der Waals surface area contributed by atoms with Crippen LogP contribution in [0.5, 0.6) is 0 Å². The zero-order valence-corrected chi connectivity index (χ0v) is 26.8.